The molecule has 1 aliphatic carbocycles. The van der Waals surface area contributed by atoms with Crippen LogP contribution >= 0.6 is 0 Å². The molecule has 3 amide bonds. The van der Waals surface area contributed by atoms with E-state index in [1.165, 1.54) is 7.11 Å². The Balaban J connectivity index is 1.27. The molecular formula is C39H50N4O6. The van der Waals surface area contributed by atoms with Crippen molar-refractivity contribution in [1.82, 2.24) is 9.88 Å². The summed E-state index contributed by atoms with van der Waals surface area (Å²) in [5.74, 6) is 1.64. The Kier molecular flexibility index (Phi) is 10.6. The summed E-state index contributed by atoms with van der Waals surface area (Å²) in [5, 5.41) is 6.04. The van der Waals surface area contributed by atoms with Crippen LogP contribution in [0.2, 0.25) is 0 Å². The molecule has 0 radical (unpaired) electrons. The Bertz CT molecular complexity index is 1690. The van der Waals surface area contributed by atoms with E-state index in [0.29, 0.717) is 53.2 Å². The minimum Gasteiger partial charge on any atom is -0.492 e. The lowest BCUT2D eigenvalue weighted by atomic mass is 9.86. The van der Waals surface area contributed by atoms with Gasteiger partial charge in [0.2, 0.25) is 5.91 Å². The lowest BCUT2D eigenvalue weighted by Crippen LogP contribution is -2.42. The number of ether oxygens (including phenoxy) is 3. The van der Waals surface area contributed by atoms with Crippen LogP contribution in [0.1, 0.15) is 94.4 Å². The van der Waals surface area contributed by atoms with Crippen LogP contribution in [-0.2, 0) is 21.4 Å². The third kappa shape index (κ3) is 9.52. The van der Waals surface area contributed by atoms with E-state index < -0.39 is 5.60 Å². The predicted molar refractivity (Wildman–Crippen MR) is 191 cm³/mol. The van der Waals surface area contributed by atoms with Gasteiger partial charge < -0.3 is 29.7 Å². The van der Waals surface area contributed by atoms with Gasteiger partial charge in [0.05, 0.1) is 18.5 Å². The summed E-state index contributed by atoms with van der Waals surface area (Å²) in [5.41, 5.74) is 3.42. The monoisotopic (exact) mass is 670 g/mol. The van der Waals surface area contributed by atoms with Gasteiger partial charge >= 0.3 is 6.09 Å². The average Bonchev–Trinajstić information content (AvgIpc) is 3.87. The number of likely N-dealkylation sites (tertiary alicyclic amines) is 1. The van der Waals surface area contributed by atoms with Gasteiger partial charge in [-0.15, -0.1) is 0 Å². The fourth-order valence-electron chi connectivity index (χ4n) is 5.79. The predicted octanol–water partition coefficient (Wildman–Crippen LogP) is 8.28. The molecule has 2 aromatic carbocycles. The largest absolute Gasteiger partial charge is 0.492 e. The Labute approximate surface area is 289 Å². The zero-order valence-electron chi connectivity index (χ0n) is 30.1. The molecule has 1 aromatic heterocycles. The van der Waals surface area contributed by atoms with Crippen molar-refractivity contribution in [2.75, 3.05) is 30.8 Å². The van der Waals surface area contributed by atoms with E-state index >= 15 is 0 Å². The number of aromatic nitrogens is 1. The van der Waals surface area contributed by atoms with Gasteiger partial charge in [-0.1, -0.05) is 26.8 Å². The Morgan fingerprint density at radius 3 is 2.18 bits per heavy atom. The van der Waals surface area contributed by atoms with Crippen molar-refractivity contribution in [3.63, 3.8) is 0 Å². The third-order valence-corrected chi connectivity index (χ3v) is 8.84. The van der Waals surface area contributed by atoms with Gasteiger partial charge in [-0.05, 0) is 113 Å². The molecular weight excluding hydrogens is 620 g/mol. The summed E-state index contributed by atoms with van der Waals surface area (Å²) in [6.45, 7) is 15.1. The molecule has 10 nitrogen and oxygen atoms in total. The highest BCUT2D eigenvalue weighted by Gasteiger charge is 2.31. The van der Waals surface area contributed by atoms with Gasteiger partial charge in [0.1, 0.15) is 17.1 Å². The first-order chi connectivity index (χ1) is 23.1. The number of amides is 3. The van der Waals surface area contributed by atoms with E-state index in [9.17, 15) is 14.4 Å². The minimum atomic E-state index is -0.509. The van der Waals surface area contributed by atoms with Gasteiger partial charge in [0.15, 0.2) is 5.75 Å². The molecule has 1 saturated carbocycles. The molecule has 0 atom stereocenters. The molecule has 49 heavy (non-hydrogen) atoms. The lowest BCUT2D eigenvalue weighted by Gasteiger charge is -2.33. The molecule has 262 valence electrons. The van der Waals surface area contributed by atoms with Gasteiger partial charge in [0.25, 0.3) is 5.91 Å². The molecule has 2 aliphatic rings. The van der Waals surface area contributed by atoms with E-state index in [-0.39, 0.29) is 29.2 Å². The Morgan fingerprint density at radius 1 is 0.898 bits per heavy atom. The van der Waals surface area contributed by atoms with E-state index in [2.05, 4.69) is 36.4 Å². The molecule has 0 spiro atoms. The molecule has 1 saturated heterocycles. The van der Waals surface area contributed by atoms with Crippen LogP contribution in [0.4, 0.5) is 16.2 Å². The number of aryl methyl sites for hydroxylation is 1. The number of piperidine rings is 1. The molecule has 10 heteroatoms. The summed E-state index contributed by atoms with van der Waals surface area (Å²) in [6, 6.07) is 12.9. The van der Waals surface area contributed by atoms with Gasteiger partial charge in [0, 0.05) is 42.5 Å². The van der Waals surface area contributed by atoms with Crippen molar-refractivity contribution in [3.05, 3.63) is 71.0 Å². The lowest BCUT2D eigenvalue weighted by molar-refractivity contribution is -0.117. The van der Waals surface area contributed by atoms with Crippen molar-refractivity contribution in [1.29, 1.82) is 0 Å². The van der Waals surface area contributed by atoms with Crippen molar-refractivity contribution in [2.45, 2.75) is 91.6 Å². The minimum absolute atomic E-state index is 0.0209. The smallest absolute Gasteiger partial charge is 0.410 e. The number of benzene rings is 2. The van der Waals surface area contributed by atoms with E-state index in [0.717, 1.165) is 48.9 Å². The molecule has 2 heterocycles. The second-order valence-corrected chi connectivity index (χ2v) is 15.3. The summed E-state index contributed by atoms with van der Waals surface area (Å²) >= 11 is 0. The van der Waals surface area contributed by atoms with Crippen molar-refractivity contribution in [2.24, 2.45) is 11.8 Å². The van der Waals surface area contributed by atoms with Crippen LogP contribution in [0.5, 0.6) is 17.2 Å². The molecule has 0 bridgehead atoms. The first-order valence-corrected chi connectivity index (χ1v) is 17.2. The number of carbonyl (C=O) groups excluding carboxylic acids is 3. The van der Waals surface area contributed by atoms with Crippen LogP contribution in [0.15, 0.2) is 48.7 Å². The fraction of sp³-hybridized carbons (Fsp3) is 0.487. The SMILES string of the molecule is COc1c(NC(=O)c2ccc(C)c(Oc3ccnc(CC4CCN(C(=O)OC(C)(C)C)CC4)c3)c2)cc(C(C)(C)C)cc1NC(=O)C1CC1. The molecule has 5 rings (SSSR count). The summed E-state index contributed by atoms with van der Waals surface area (Å²) in [7, 11) is 1.53. The topological polar surface area (TPSA) is 119 Å². The number of pyridine rings is 1. The summed E-state index contributed by atoms with van der Waals surface area (Å²) < 4.78 is 17.6. The van der Waals surface area contributed by atoms with Crippen LogP contribution < -0.4 is 20.1 Å². The van der Waals surface area contributed by atoms with Gasteiger partial charge in [-0.3, -0.25) is 14.6 Å². The molecule has 1 aliphatic heterocycles. The molecule has 2 fully saturated rings. The number of nitrogens with one attached hydrogen (secondary N) is 2. The number of rotatable bonds is 9. The van der Waals surface area contributed by atoms with Crippen LogP contribution in [-0.4, -0.2) is 53.6 Å². The standard InChI is InChI=1S/C39H50N4O6/c1-24-9-10-27(36(45)42-32-22-28(38(2,3)4)21-31(34(32)47-8)41-35(44)26-11-12-26)20-33(24)48-30-13-16-40-29(23-30)19-25-14-17-43(18-15-25)37(46)49-39(5,6)7/h9-10,13,16,20-23,25-26H,11-12,14-15,17-19H2,1-8H3,(H,41,44)(H,42,45). The second kappa shape index (κ2) is 14.5. The molecule has 0 unspecified atom stereocenters. The average molecular weight is 671 g/mol. The maximum absolute atomic E-state index is 13.7. The highest BCUT2D eigenvalue weighted by atomic mass is 16.6. The van der Waals surface area contributed by atoms with E-state index in [1.807, 2.05) is 52.0 Å². The van der Waals surface area contributed by atoms with Crippen molar-refractivity contribution < 1.29 is 28.6 Å². The van der Waals surface area contributed by atoms with E-state index in [1.54, 1.807) is 29.3 Å². The number of nitrogens with zero attached hydrogens (tertiary/aromatic N) is 2. The number of hydrogen-bond acceptors (Lipinski definition) is 7. The first-order valence-electron chi connectivity index (χ1n) is 17.2. The third-order valence-electron chi connectivity index (χ3n) is 8.84. The summed E-state index contributed by atoms with van der Waals surface area (Å²) in [4.78, 5) is 45.2. The quantitative estimate of drug-likeness (QED) is 0.235. The van der Waals surface area contributed by atoms with Crippen molar-refractivity contribution >= 4 is 29.3 Å². The second-order valence-electron chi connectivity index (χ2n) is 15.3. The highest BCUT2D eigenvalue weighted by molar-refractivity contribution is 6.06. The zero-order valence-corrected chi connectivity index (χ0v) is 30.1. The fourth-order valence-corrected chi connectivity index (χ4v) is 5.79. The van der Waals surface area contributed by atoms with Crippen molar-refractivity contribution in [3.8, 4) is 17.2 Å². The molecule has 3 aromatic rings. The highest BCUT2D eigenvalue weighted by Crippen LogP contribution is 2.40. The number of anilines is 2. The number of hydrogen-bond donors (Lipinski definition) is 2. The van der Waals surface area contributed by atoms with E-state index in [4.69, 9.17) is 14.2 Å². The van der Waals surface area contributed by atoms with Crippen LogP contribution in [0.25, 0.3) is 0 Å². The Morgan fingerprint density at radius 2 is 1.57 bits per heavy atom. The maximum Gasteiger partial charge on any atom is 0.410 e. The molecule has 2 N–H and O–H groups in total. The van der Waals surface area contributed by atoms with Gasteiger partial charge in [-0.25, -0.2) is 4.79 Å². The summed E-state index contributed by atoms with van der Waals surface area (Å²) in [6.07, 6.45) is 5.77. The van der Waals surface area contributed by atoms with Crippen LogP contribution in [0, 0.1) is 18.8 Å². The zero-order chi connectivity index (χ0) is 35.5. The Hall–Kier alpha value is -4.60. The number of methoxy groups -OCH3 is 1. The normalized spacial score (nSPS) is 15.4. The van der Waals surface area contributed by atoms with Crippen LogP contribution in [0.3, 0.4) is 0 Å². The van der Waals surface area contributed by atoms with Gasteiger partial charge in [-0.2, -0.15) is 0 Å². The first kappa shape index (κ1) is 35.7. The maximum atomic E-state index is 13.7. The number of carbonyl (C=O) groups is 3.